The summed E-state index contributed by atoms with van der Waals surface area (Å²) < 4.78 is 0. The maximum absolute atomic E-state index is 11.9. The molecule has 0 aromatic rings. The molecule has 104 valence electrons. The van der Waals surface area contributed by atoms with Crippen LogP contribution in [-0.2, 0) is 4.79 Å². The number of hydrogen-bond acceptors (Lipinski definition) is 3. The molecule has 0 aromatic heterocycles. The van der Waals surface area contributed by atoms with Crippen LogP contribution in [0.5, 0.6) is 0 Å². The number of carbonyl (C=O) groups excluding carboxylic acids is 1. The lowest BCUT2D eigenvalue weighted by Gasteiger charge is -2.26. The summed E-state index contributed by atoms with van der Waals surface area (Å²) in [5, 5.41) is 21.2. The molecule has 0 unspecified atom stereocenters. The van der Waals surface area contributed by atoms with Gasteiger partial charge in [-0.2, -0.15) is 0 Å². The summed E-state index contributed by atoms with van der Waals surface area (Å²) in [6.45, 7) is 6.66. The Balaban J connectivity index is 2.58. The minimum absolute atomic E-state index is 0.0211. The van der Waals surface area contributed by atoms with Crippen LogP contribution in [0.25, 0.3) is 0 Å². The zero-order valence-corrected chi connectivity index (χ0v) is 11.1. The lowest BCUT2D eigenvalue weighted by atomic mass is 9.90. The molecule has 0 aromatic carbocycles. The second-order valence-electron chi connectivity index (χ2n) is 5.57. The van der Waals surface area contributed by atoms with Gasteiger partial charge in [0.05, 0.1) is 6.10 Å². The summed E-state index contributed by atoms with van der Waals surface area (Å²) in [6, 6.07) is -1.34. The van der Waals surface area contributed by atoms with Crippen molar-refractivity contribution in [2.24, 2.45) is 5.41 Å². The van der Waals surface area contributed by atoms with Crippen molar-refractivity contribution >= 4 is 12.0 Å². The van der Waals surface area contributed by atoms with E-state index in [0.29, 0.717) is 6.54 Å². The number of urea groups is 1. The molecule has 1 heterocycles. The quantitative estimate of drug-likeness (QED) is 0.690. The van der Waals surface area contributed by atoms with E-state index in [2.05, 4.69) is 5.32 Å². The molecule has 0 bridgehead atoms. The number of aliphatic hydroxyl groups is 1. The minimum Gasteiger partial charge on any atom is -0.480 e. The first-order chi connectivity index (χ1) is 8.26. The molecule has 2 amide bonds. The van der Waals surface area contributed by atoms with E-state index in [4.69, 9.17) is 5.11 Å². The summed E-state index contributed by atoms with van der Waals surface area (Å²) in [7, 11) is 0. The standard InChI is InChI=1S/C12H22N2O4/c1-4-12(2,3)7-13-11(18)14-6-8(15)5-9(14)10(16)17/h8-9,15H,4-7H2,1-3H3,(H,13,18)(H,16,17)/t8-,9-/m0/s1. The Morgan fingerprint density at radius 1 is 1.44 bits per heavy atom. The van der Waals surface area contributed by atoms with Gasteiger partial charge in [-0.3, -0.25) is 0 Å². The first-order valence-corrected chi connectivity index (χ1v) is 6.22. The molecule has 0 radical (unpaired) electrons. The van der Waals surface area contributed by atoms with Crippen LogP contribution in [0.3, 0.4) is 0 Å². The third-order valence-electron chi connectivity index (χ3n) is 3.50. The van der Waals surface area contributed by atoms with Crippen molar-refractivity contribution in [1.82, 2.24) is 10.2 Å². The van der Waals surface area contributed by atoms with E-state index in [-0.39, 0.29) is 18.4 Å². The van der Waals surface area contributed by atoms with Crippen LogP contribution >= 0.6 is 0 Å². The number of aliphatic carboxylic acids is 1. The number of aliphatic hydroxyl groups excluding tert-OH is 1. The second-order valence-corrected chi connectivity index (χ2v) is 5.57. The third-order valence-corrected chi connectivity index (χ3v) is 3.50. The number of β-amino-alcohol motifs (C(OH)–C–C–N with tert-alkyl or cyclic N) is 1. The van der Waals surface area contributed by atoms with Gasteiger partial charge in [-0.25, -0.2) is 9.59 Å². The van der Waals surface area contributed by atoms with E-state index in [1.807, 2.05) is 20.8 Å². The zero-order valence-electron chi connectivity index (χ0n) is 11.1. The SMILES string of the molecule is CCC(C)(C)CNC(=O)N1C[C@@H](O)C[C@H]1C(=O)O. The number of likely N-dealkylation sites (tertiary alicyclic amines) is 1. The fourth-order valence-corrected chi connectivity index (χ4v) is 1.81. The van der Waals surface area contributed by atoms with Gasteiger partial charge in [0.1, 0.15) is 6.04 Å². The van der Waals surface area contributed by atoms with Gasteiger partial charge in [0.25, 0.3) is 0 Å². The zero-order chi connectivity index (χ0) is 13.9. The van der Waals surface area contributed by atoms with Crippen LogP contribution in [0, 0.1) is 5.41 Å². The number of carboxylic acids is 1. The van der Waals surface area contributed by atoms with Gasteiger partial charge in [-0.05, 0) is 11.8 Å². The summed E-state index contributed by atoms with van der Waals surface area (Å²) in [6.07, 6.45) is 0.258. The van der Waals surface area contributed by atoms with E-state index in [9.17, 15) is 14.7 Å². The number of amides is 2. The number of nitrogens with zero attached hydrogens (tertiary/aromatic N) is 1. The summed E-state index contributed by atoms with van der Waals surface area (Å²) in [5.74, 6) is -1.07. The van der Waals surface area contributed by atoms with Crippen LogP contribution in [-0.4, -0.2) is 52.3 Å². The van der Waals surface area contributed by atoms with Gasteiger partial charge in [0.2, 0.25) is 0 Å². The predicted molar refractivity (Wildman–Crippen MR) is 66.2 cm³/mol. The van der Waals surface area contributed by atoms with Crippen molar-refractivity contribution in [3.05, 3.63) is 0 Å². The summed E-state index contributed by atoms with van der Waals surface area (Å²) in [5.41, 5.74) is -0.0211. The van der Waals surface area contributed by atoms with Crippen LogP contribution in [0.15, 0.2) is 0 Å². The molecule has 6 heteroatoms. The van der Waals surface area contributed by atoms with Crippen LogP contribution < -0.4 is 5.32 Å². The highest BCUT2D eigenvalue weighted by Crippen LogP contribution is 2.20. The molecule has 1 saturated heterocycles. The van der Waals surface area contributed by atoms with Crippen LogP contribution in [0.1, 0.15) is 33.6 Å². The first kappa shape index (κ1) is 14.8. The van der Waals surface area contributed by atoms with E-state index in [1.54, 1.807) is 0 Å². The van der Waals surface area contributed by atoms with E-state index in [1.165, 1.54) is 4.90 Å². The van der Waals surface area contributed by atoms with Gasteiger partial charge in [0, 0.05) is 19.5 Å². The van der Waals surface area contributed by atoms with Crippen molar-refractivity contribution in [2.75, 3.05) is 13.1 Å². The van der Waals surface area contributed by atoms with Crippen molar-refractivity contribution in [3.63, 3.8) is 0 Å². The molecule has 1 rings (SSSR count). The topological polar surface area (TPSA) is 89.9 Å². The first-order valence-electron chi connectivity index (χ1n) is 6.22. The number of nitrogens with one attached hydrogen (secondary N) is 1. The van der Waals surface area contributed by atoms with E-state index >= 15 is 0 Å². The van der Waals surface area contributed by atoms with Crippen molar-refractivity contribution in [1.29, 1.82) is 0 Å². The summed E-state index contributed by atoms with van der Waals surface area (Å²) in [4.78, 5) is 24.1. The Morgan fingerprint density at radius 2 is 2.06 bits per heavy atom. The molecule has 18 heavy (non-hydrogen) atoms. The second kappa shape index (κ2) is 5.56. The summed E-state index contributed by atoms with van der Waals surface area (Å²) >= 11 is 0. The number of rotatable bonds is 4. The Morgan fingerprint density at radius 3 is 2.56 bits per heavy atom. The number of carbonyl (C=O) groups is 2. The molecule has 0 aliphatic carbocycles. The van der Waals surface area contributed by atoms with Gasteiger partial charge >= 0.3 is 12.0 Å². The Hall–Kier alpha value is -1.30. The third kappa shape index (κ3) is 3.60. The van der Waals surface area contributed by atoms with Crippen LogP contribution in [0.4, 0.5) is 4.79 Å². The highest BCUT2D eigenvalue weighted by Gasteiger charge is 2.39. The highest BCUT2D eigenvalue weighted by molar-refractivity contribution is 5.83. The molecule has 1 aliphatic heterocycles. The Kier molecular flexibility index (Phi) is 4.56. The molecule has 0 spiro atoms. The fraction of sp³-hybridized carbons (Fsp3) is 0.833. The molecule has 1 aliphatic rings. The fourth-order valence-electron chi connectivity index (χ4n) is 1.81. The highest BCUT2D eigenvalue weighted by atomic mass is 16.4. The van der Waals surface area contributed by atoms with Crippen molar-refractivity contribution < 1.29 is 19.8 Å². The predicted octanol–water partition coefficient (Wildman–Crippen LogP) is 0.652. The lowest BCUT2D eigenvalue weighted by Crippen LogP contribution is -2.48. The lowest BCUT2D eigenvalue weighted by molar-refractivity contribution is -0.141. The van der Waals surface area contributed by atoms with Crippen molar-refractivity contribution in [3.8, 4) is 0 Å². The van der Waals surface area contributed by atoms with E-state index < -0.39 is 24.1 Å². The van der Waals surface area contributed by atoms with E-state index in [0.717, 1.165) is 6.42 Å². The Bertz CT molecular complexity index is 330. The smallest absolute Gasteiger partial charge is 0.326 e. The largest absolute Gasteiger partial charge is 0.480 e. The average Bonchev–Trinajstić information content (AvgIpc) is 2.68. The molecule has 3 N–H and O–H groups in total. The monoisotopic (exact) mass is 258 g/mol. The van der Waals surface area contributed by atoms with Crippen molar-refractivity contribution in [2.45, 2.75) is 45.8 Å². The average molecular weight is 258 g/mol. The van der Waals surface area contributed by atoms with Gasteiger partial charge in [-0.15, -0.1) is 0 Å². The number of hydrogen-bond donors (Lipinski definition) is 3. The normalized spacial score (nSPS) is 24.1. The van der Waals surface area contributed by atoms with Gasteiger partial charge in [0.15, 0.2) is 0 Å². The maximum Gasteiger partial charge on any atom is 0.326 e. The van der Waals surface area contributed by atoms with Crippen LogP contribution in [0.2, 0.25) is 0 Å². The minimum atomic E-state index is -1.07. The van der Waals surface area contributed by atoms with Gasteiger partial charge < -0.3 is 20.4 Å². The maximum atomic E-state index is 11.9. The molecule has 0 saturated carbocycles. The number of carboxylic acid groups (broad SMARTS) is 1. The molecule has 2 atom stereocenters. The molecular formula is C12H22N2O4. The molecule has 6 nitrogen and oxygen atoms in total. The molecule has 1 fully saturated rings. The molecular weight excluding hydrogens is 236 g/mol. The van der Waals surface area contributed by atoms with Gasteiger partial charge in [-0.1, -0.05) is 20.8 Å². The Labute approximate surface area is 107 Å².